The maximum atomic E-state index is 9.88. The van der Waals surface area contributed by atoms with Crippen molar-refractivity contribution in [3.63, 3.8) is 0 Å². The fraction of sp³-hybridized carbons (Fsp3) is 0. The third-order valence-corrected chi connectivity index (χ3v) is 11.3. The van der Waals surface area contributed by atoms with Crippen LogP contribution in [-0.2, 0) is 0 Å². The Balaban J connectivity index is 1.21. The van der Waals surface area contributed by atoms with Crippen molar-refractivity contribution >= 4 is 64.9 Å². The number of nitriles is 1. The van der Waals surface area contributed by atoms with Crippen LogP contribution in [-0.4, -0.2) is 4.57 Å². The lowest BCUT2D eigenvalue weighted by Gasteiger charge is -2.19. The molecule has 0 bridgehead atoms. The number of fused-ring (bicyclic) bond motifs is 7. The molecule has 2 heteroatoms. The molecule has 10 aromatic carbocycles. The number of nitrogens with zero attached hydrogens (tertiary/aromatic N) is 2. The van der Waals surface area contributed by atoms with Crippen LogP contribution in [0.4, 0.5) is 0 Å². The molecule has 1 heterocycles. The second-order valence-electron chi connectivity index (χ2n) is 14.4. The highest BCUT2D eigenvalue weighted by atomic mass is 15.0. The zero-order chi connectivity index (χ0) is 36.5. The molecule has 0 atom stereocenters. The fourth-order valence-electron chi connectivity index (χ4n) is 8.80. The predicted octanol–water partition coefficient (Wildman–Crippen LogP) is 14.3. The maximum absolute atomic E-state index is 9.88. The van der Waals surface area contributed by atoms with Crippen molar-refractivity contribution in [1.29, 1.82) is 5.26 Å². The summed E-state index contributed by atoms with van der Waals surface area (Å²) in [6, 6.07) is 72.5. The molecule has 0 aliphatic rings. The van der Waals surface area contributed by atoms with E-state index >= 15 is 0 Å². The molecule has 0 unspecified atom stereocenters. The Labute approximate surface area is 318 Å². The van der Waals surface area contributed by atoms with Crippen LogP contribution >= 0.6 is 0 Å². The Morgan fingerprint density at radius 2 is 0.800 bits per heavy atom. The Bertz CT molecular complexity index is 3380. The minimum absolute atomic E-state index is 0.656. The molecule has 11 aromatic rings. The lowest BCUT2D eigenvalue weighted by molar-refractivity contribution is 1.18. The lowest BCUT2D eigenvalue weighted by atomic mass is 9.84. The highest BCUT2D eigenvalue weighted by molar-refractivity contribution is 6.23. The van der Waals surface area contributed by atoms with Gasteiger partial charge in [0.1, 0.15) is 0 Å². The molecule has 0 amide bonds. The lowest BCUT2D eigenvalue weighted by Crippen LogP contribution is -1.93. The van der Waals surface area contributed by atoms with Crippen LogP contribution in [0.1, 0.15) is 5.56 Å². The van der Waals surface area contributed by atoms with Crippen LogP contribution in [0.5, 0.6) is 0 Å². The van der Waals surface area contributed by atoms with E-state index in [0.717, 1.165) is 38.6 Å². The van der Waals surface area contributed by atoms with Gasteiger partial charge in [0.25, 0.3) is 0 Å². The van der Waals surface area contributed by atoms with Gasteiger partial charge < -0.3 is 4.57 Å². The van der Waals surface area contributed by atoms with Gasteiger partial charge in [-0.25, -0.2) is 0 Å². The Hall–Kier alpha value is -7.47. The summed E-state index contributed by atoms with van der Waals surface area (Å²) >= 11 is 0. The van der Waals surface area contributed by atoms with E-state index in [0.29, 0.717) is 5.56 Å². The molecule has 0 saturated heterocycles. The summed E-state index contributed by atoms with van der Waals surface area (Å²) < 4.78 is 2.30. The third kappa shape index (κ3) is 4.95. The standard InChI is InChI=1S/C53H32N2/c54-33-34-18-26-50-47(28-34)48-31-40(24-27-51(48)55(50)43-14-2-1-3-15-43)39-23-25-46-49(32-39)53(42-22-20-36-11-5-7-13-38(36)30-42)45-17-9-8-16-44(45)52(46)41-21-19-35-10-4-6-12-37(35)29-41/h1-32H. The first-order valence-electron chi connectivity index (χ1n) is 18.7. The van der Waals surface area contributed by atoms with Gasteiger partial charge in [0.05, 0.1) is 22.7 Å². The van der Waals surface area contributed by atoms with Gasteiger partial charge in [-0.2, -0.15) is 5.26 Å². The zero-order valence-corrected chi connectivity index (χ0v) is 29.9. The van der Waals surface area contributed by atoms with Crippen LogP contribution in [0.25, 0.3) is 104 Å². The van der Waals surface area contributed by atoms with Crippen molar-refractivity contribution in [2.45, 2.75) is 0 Å². The minimum Gasteiger partial charge on any atom is -0.309 e. The first kappa shape index (κ1) is 31.1. The quantitative estimate of drug-likeness (QED) is 0.168. The van der Waals surface area contributed by atoms with Gasteiger partial charge in [-0.3, -0.25) is 0 Å². The number of rotatable bonds is 4. The van der Waals surface area contributed by atoms with Gasteiger partial charge in [-0.05, 0) is 137 Å². The molecule has 0 aliphatic carbocycles. The maximum Gasteiger partial charge on any atom is 0.0991 e. The monoisotopic (exact) mass is 696 g/mol. The van der Waals surface area contributed by atoms with Crippen molar-refractivity contribution in [2.75, 3.05) is 0 Å². The smallest absolute Gasteiger partial charge is 0.0991 e. The van der Waals surface area contributed by atoms with E-state index in [1.54, 1.807) is 0 Å². The molecule has 0 fully saturated rings. The molecular weight excluding hydrogens is 665 g/mol. The fourth-order valence-corrected chi connectivity index (χ4v) is 8.80. The summed E-state index contributed by atoms with van der Waals surface area (Å²) in [4.78, 5) is 0. The van der Waals surface area contributed by atoms with Crippen LogP contribution < -0.4 is 0 Å². The third-order valence-electron chi connectivity index (χ3n) is 11.3. The Kier molecular flexibility index (Phi) is 6.96. The van der Waals surface area contributed by atoms with Crippen molar-refractivity contribution in [3.05, 3.63) is 200 Å². The summed E-state index contributed by atoms with van der Waals surface area (Å²) in [6.07, 6.45) is 0. The SMILES string of the molecule is N#Cc1ccc2c(c1)c1cc(-c3ccc4c(-c5ccc6ccccc6c5)c5ccccc5c(-c5ccc6ccccc6c5)c4c3)ccc1n2-c1ccccc1. The molecule has 55 heavy (non-hydrogen) atoms. The number of benzene rings is 10. The normalized spacial score (nSPS) is 11.6. The summed E-state index contributed by atoms with van der Waals surface area (Å²) in [5, 5.41) is 21.9. The molecule has 11 rings (SSSR count). The summed E-state index contributed by atoms with van der Waals surface area (Å²) in [5.74, 6) is 0. The summed E-state index contributed by atoms with van der Waals surface area (Å²) in [6.45, 7) is 0. The second kappa shape index (κ2) is 12.3. The second-order valence-corrected chi connectivity index (χ2v) is 14.4. The van der Waals surface area contributed by atoms with Gasteiger partial charge in [-0.15, -0.1) is 0 Å². The molecule has 0 radical (unpaired) electrons. The molecular formula is C53H32N2. The zero-order valence-electron chi connectivity index (χ0n) is 29.9. The molecule has 0 saturated carbocycles. The van der Waals surface area contributed by atoms with E-state index in [-0.39, 0.29) is 0 Å². The number of hydrogen-bond acceptors (Lipinski definition) is 1. The topological polar surface area (TPSA) is 28.7 Å². The van der Waals surface area contributed by atoms with Crippen LogP contribution in [0, 0.1) is 11.3 Å². The first-order chi connectivity index (χ1) is 27.2. The van der Waals surface area contributed by atoms with Gasteiger partial charge in [0, 0.05) is 16.5 Å². The molecule has 1 aromatic heterocycles. The van der Waals surface area contributed by atoms with E-state index in [9.17, 15) is 5.26 Å². The van der Waals surface area contributed by atoms with Gasteiger partial charge in [-0.1, -0.05) is 133 Å². The van der Waals surface area contributed by atoms with Crippen molar-refractivity contribution in [2.24, 2.45) is 0 Å². The van der Waals surface area contributed by atoms with Crippen LogP contribution in [0.15, 0.2) is 194 Å². The van der Waals surface area contributed by atoms with E-state index in [1.807, 2.05) is 18.2 Å². The van der Waals surface area contributed by atoms with E-state index in [1.165, 1.54) is 65.3 Å². The molecule has 254 valence electrons. The summed E-state index contributed by atoms with van der Waals surface area (Å²) in [7, 11) is 0. The largest absolute Gasteiger partial charge is 0.309 e. The molecule has 2 nitrogen and oxygen atoms in total. The molecule has 0 N–H and O–H groups in total. The van der Waals surface area contributed by atoms with Crippen molar-refractivity contribution in [3.8, 4) is 45.1 Å². The Morgan fingerprint density at radius 3 is 1.44 bits per heavy atom. The van der Waals surface area contributed by atoms with Crippen molar-refractivity contribution < 1.29 is 0 Å². The van der Waals surface area contributed by atoms with Gasteiger partial charge in [0.2, 0.25) is 0 Å². The average Bonchev–Trinajstić information content (AvgIpc) is 3.58. The average molecular weight is 697 g/mol. The highest BCUT2D eigenvalue weighted by Crippen LogP contribution is 2.46. The van der Waals surface area contributed by atoms with Crippen LogP contribution in [0.2, 0.25) is 0 Å². The molecule has 0 aliphatic heterocycles. The van der Waals surface area contributed by atoms with Crippen LogP contribution in [0.3, 0.4) is 0 Å². The van der Waals surface area contributed by atoms with E-state index in [4.69, 9.17) is 0 Å². The van der Waals surface area contributed by atoms with E-state index in [2.05, 4.69) is 187 Å². The number of para-hydroxylation sites is 1. The number of aromatic nitrogens is 1. The van der Waals surface area contributed by atoms with E-state index < -0.39 is 0 Å². The van der Waals surface area contributed by atoms with Gasteiger partial charge >= 0.3 is 0 Å². The predicted molar refractivity (Wildman–Crippen MR) is 232 cm³/mol. The number of hydrogen-bond donors (Lipinski definition) is 0. The Morgan fingerprint density at radius 1 is 0.327 bits per heavy atom. The molecule has 0 spiro atoms. The van der Waals surface area contributed by atoms with Crippen molar-refractivity contribution in [1.82, 2.24) is 4.57 Å². The highest BCUT2D eigenvalue weighted by Gasteiger charge is 2.19. The minimum atomic E-state index is 0.656. The first-order valence-corrected chi connectivity index (χ1v) is 18.7. The van der Waals surface area contributed by atoms with Gasteiger partial charge in [0.15, 0.2) is 0 Å². The summed E-state index contributed by atoms with van der Waals surface area (Å²) in [5.41, 5.74) is 11.1.